The van der Waals surface area contributed by atoms with E-state index in [9.17, 15) is 14.4 Å². The number of amides is 2. The van der Waals surface area contributed by atoms with Gasteiger partial charge in [0.15, 0.2) is 5.78 Å². The fraction of sp³-hybridized carbons (Fsp3) is 0.571. The molecule has 8 nitrogen and oxygen atoms in total. The van der Waals surface area contributed by atoms with Crippen LogP contribution >= 0.6 is 0 Å². The number of aromatic nitrogens is 2. The summed E-state index contributed by atoms with van der Waals surface area (Å²) in [6, 6.07) is 10.7. The summed E-state index contributed by atoms with van der Waals surface area (Å²) >= 11 is 0. The number of Topliss-reactive ketones (excluding diaryl/α,β-unsaturated/α-hetero) is 1. The molecule has 0 bridgehead atoms. The molecule has 3 fully saturated rings. The zero-order valence-electron chi connectivity index (χ0n) is 21.4. The van der Waals surface area contributed by atoms with E-state index in [1.807, 2.05) is 0 Å². The van der Waals surface area contributed by atoms with Crippen LogP contribution in [0.5, 0.6) is 0 Å². The Bertz CT molecular complexity index is 1130. The fourth-order valence-electron chi connectivity index (χ4n) is 6.47. The smallest absolute Gasteiger partial charge is 0.317 e. The van der Waals surface area contributed by atoms with Crippen molar-refractivity contribution in [2.75, 3.05) is 33.7 Å². The van der Waals surface area contributed by atoms with Crippen molar-refractivity contribution in [1.29, 1.82) is 0 Å². The number of nitrogens with one attached hydrogen (secondary N) is 1. The number of hydrogen-bond acceptors (Lipinski definition) is 5. The minimum absolute atomic E-state index is 0.00640. The van der Waals surface area contributed by atoms with Crippen molar-refractivity contribution in [3.8, 4) is 0 Å². The van der Waals surface area contributed by atoms with Crippen molar-refractivity contribution >= 4 is 11.8 Å². The Morgan fingerprint density at radius 2 is 1.83 bits per heavy atom. The van der Waals surface area contributed by atoms with Gasteiger partial charge in [-0.3, -0.25) is 9.69 Å². The molecule has 2 heterocycles. The number of carbonyl (C=O) groups is 2. The van der Waals surface area contributed by atoms with Crippen LogP contribution in [-0.2, 0) is 16.8 Å². The van der Waals surface area contributed by atoms with E-state index in [1.54, 1.807) is 4.90 Å². The number of rotatable bonds is 8. The first-order valence-electron chi connectivity index (χ1n) is 13.2. The Morgan fingerprint density at radius 1 is 1.11 bits per heavy atom. The van der Waals surface area contributed by atoms with Crippen molar-refractivity contribution in [2.45, 2.75) is 62.4 Å². The zero-order valence-corrected chi connectivity index (χ0v) is 21.4. The molecule has 1 spiro atoms. The van der Waals surface area contributed by atoms with Crippen molar-refractivity contribution < 1.29 is 9.59 Å². The number of H-pyrrole nitrogens is 1. The Kier molecular flexibility index (Phi) is 6.72. The number of benzene rings is 1. The van der Waals surface area contributed by atoms with Gasteiger partial charge in [-0.2, -0.15) is 0 Å². The molecule has 3 aliphatic rings. The van der Waals surface area contributed by atoms with E-state index in [-0.39, 0.29) is 35.9 Å². The van der Waals surface area contributed by atoms with Crippen LogP contribution < -0.4 is 5.69 Å². The van der Waals surface area contributed by atoms with Gasteiger partial charge in [-0.1, -0.05) is 36.8 Å². The molecule has 1 N–H and O–H groups in total. The van der Waals surface area contributed by atoms with E-state index in [4.69, 9.17) is 0 Å². The van der Waals surface area contributed by atoms with E-state index in [2.05, 4.69) is 64.2 Å². The fourth-order valence-corrected chi connectivity index (χ4v) is 6.47. The monoisotopic (exact) mass is 491 g/mol. The van der Waals surface area contributed by atoms with Crippen LogP contribution in [0.3, 0.4) is 0 Å². The van der Waals surface area contributed by atoms with Crippen LogP contribution in [0.2, 0.25) is 0 Å². The third-order valence-electron chi connectivity index (χ3n) is 8.90. The summed E-state index contributed by atoms with van der Waals surface area (Å²) in [4.78, 5) is 50.3. The Hall–Kier alpha value is -3.00. The molecule has 1 aromatic carbocycles. The van der Waals surface area contributed by atoms with Gasteiger partial charge in [0, 0.05) is 37.4 Å². The number of carbonyl (C=O) groups excluding carboxylic acids is 2. The van der Waals surface area contributed by atoms with Gasteiger partial charge in [0.2, 0.25) is 0 Å². The quantitative estimate of drug-likeness (QED) is 0.613. The summed E-state index contributed by atoms with van der Waals surface area (Å²) in [6.45, 7) is 1.50. The van der Waals surface area contributed by atoms with Gasteiger partial charge in [-0.25, -0.2) is 14.6 Å². The highest BCUT2D eigenvalue weighted by molar-refractivity contribution is 5.88. The molecule has 0 atom stereocenters. The van der Waals surface area contributed by atoms with Gasteiger partial charge >= 0.3 is 11.7 Å². The molecular weight excluding hydrogens is 454 g/mol. The van der Waals surface area contributed by atoms with E-state index in [0.717, 1.165) is 32.2 Å². The molecule has 1 saturated heterocycles. The van der Waals surface area contributed by atoms with Crippen molar-refractivity contribution in [2.24, 2.45) is 5.92 Å². The van der Waals surface area contributed by atoms with Crippen LogP contribution in [-0.4, -0.2) is 75.8 Å². The Morgan fingerprint density at radius 3 is 2.42 bits per heavy atom. The second kappa shape index (κ2) is 9.81. The molecule has 2 amide bonds. The molecule has 36 heavy (non-hydrogen) atoms. The summed E-state index contributed by atoms with van der Waals surface area (Å²) in [5.74, 6) is 0.531. The van der Waals surface area contributed by atoms with Crippen molar-refractivity contribution in [3.63, 3.8) is 0 Å². The van der Waals surface area contributed by atoms with Gasteiger partial charge in [0.05, 0.1) is 12.1 Å². The molecule has 0 unspecified atom stereocenters. The van der Waals surface area contributed by atoms with Gasteiger partial charge < -0.3 is 14.8 Å². The van der Waals surface area contributed by atoms with Crippen molar-refractivity contribution in [3.05, 3.63) is 64.3 Å². The topological polar surface area (TPSA) is 89.6 Å². The van der Waals surface area contributed by atoms with E-state index in [0.29, 0.717) is 18.0 Å². The summed E-state index contributed by atoms with van der Waals surface area (Å²) in [6.07, 6.45) is 10.5. The number of nitrogens with zero attached hydrogens (tertiary/aromatic N) is 4. The highest BCUT2D eigenvalue weighted by Crippen LogP contribution is 2.49. The second-order valence-corrected chi connectivity index (χ2v) is 11.2. The first kappa shape index (κ1) is 24.7. The Labute approximate surface area is 212 Å². The van der Waals surface area contributed by atoms with Gasteiger partial charge in [0.25, 0.3) is 0 Å². The lowest BCUT2D eigenvalue weighted by Gasteiger charge is -2.51. The second-order valence-electron chi connectivity index (χ2n) is 11.2. The van der Waals surface area contributed by atoms with Gasteiger partial charge in [-0.15, -0.1) is 0 Å². The van der Waals surface area contributed by atoms with Crippen LogP contribution in [0.15, 0.2) is 47.5 Å². The lowest BCUT2D eigenvalue weighted by Crippen LogP contribution is -2.56. The SMILES string of the molecule is CN(C)C1(c2ccccc2)CCC2(CC1)CN(CC(=O)Cc1cnc(=O)[nH]c1)C(=O)N2CC1CCC1. The van der Waals surface area contributed by atoms with E-state index in [1.165, 1.54) is 37.2 Å². The maximum absolute atomic E-state index is 13.7. The Balaban J connectivity index is 1.34. The minimum atomic E-state index is -0.434. The zero-order chi connectivity index (χ0) is 25.3. The molecule has 5 rings (SSSR count). The van der Waals surface area contributed by atoms with Crippen molar-refractivity contribution in [1.82, 2.24) is 24.7 Å². The summed E-state index contributed by atoms with van der Waals surface area (Å²) in [7, 11) is 4.32. The summed E-state index contributed by atoms with van der Waals surface area (Å²) < 4.78 is 0. The van der Waals surface area contributed by atoms with E-state index < -0.39 is 5.69 Å². The minimum Gasteiger partial charge on any atom is -0.317 e. The molecule has 2 aromatic rings. The molecule has 2 aliphatic carbocycles. The van der Waals surface area contributed by atoms with E-state index >= 15 is 0 Å². The van der Waals surface area contributed by atoms with Crippen LogP contribution in [0.25, 0.3) is 0 Å². The number of urea groups is 1. The molecular formula is C28H37N5O3. The third kappa shape index (κ3) is 4.59. The molecule has 0 radical (unpaired) electrons. The maximum Gasteiger partial charge on any atom is 0.344 e. The number of ketones is 1. The molecule has 8 heteroatoms. The number of aromatic amines is 1. The highest BCUT2D eigenvalue weighted by Gasteiger charge is 2.55. The molecule has 192 valence electrons. The van der Waals surface area contributed by atoms with Gasteiger partial charge in [0.1, 0.15) is 0 Å². The highest BCUT2D eigenvalue weighted by atomic mass is 16.2. The molecule has 1 aliphatic heterocycles. The standard InChI is InChI=1S/C28H37N5O3/c1-31(2)28(23-9-4-3-5-10-23)13-11-27(12-14-28)20-32(26(36)33(27)18-21-7-6-8-21)19-24(34)15-22-16-29-25(35)30-17-22/h3-5,9-10,16-17,21H,6-8,11-15,18-20H2,1-2H3,(H,29,30,35). The average molecular weight is 492 g/mol. The lowest BCUT2D eigenvalue weighted by molar-refractivity contribution is -0.119. The normalized spacial score (nSPS) is 26.6. The number of hydrogen-bond donors (Lipinski definition) is 1. The predicted molar refractivity (Wildman–Crippen MR) is 138 cm³/mol. The molecule has 1 aromatic heterocycles. The van der Waals surface area contributed by atoms with Crippen LogP contribution in [0.1, 0.15) is 56.1 Å². The van der Waals surface area contributed by atoms with Gasteiger partial charge in [-0.05, 0) is 69.7 Å². The van der Waals surface area contributed by atoms with Crippen LogP contribution in [0.4, 0.5) is 4.79 Å². The summed E-state index contributed by atoms with van der Waals surface area (Å²) in [5.41, 5.74) is 1.29. The molecule has 2 saturated carbocycles. The largest absolute Gasteiger partial charge is 0.344 e. The first-order chi connectivity index (χ1) is 17.3. The summed E-state index contributed by atoms with van der Waals surface area (Å²) in [5, 5.41) is 0. The average Bonchev–Trinajstić information content (AvgIpc) is 3.08. The third-order valence-corrected chi connectivity index (χ3v) is 8.90. The maximum atomic E-state index is 13.7. The first-order valence-corrected chi connectivity index (χ1v) is 13.2. The predicted octanol–water partition coefficient (Wildman–Crippen LogP) is 3.19. The van der Waals surface area contributed by atoms with Crippen LogP contribution in [0, 0.1) is 5.92 Å². The lowest BCUT2D eigenvalue weighted by atomic mass is 9.68.